The van der Waals surface area contributed by atoms with Gasteiger partial charge in [-0.05, 0) is 80.8 Å². The van der Waals surface area contributed by atoms with Crippen LogP contribution in [0.2, 0.25) is 0 Å². The zero-order chi connectivity index (χ0) is 29.5. The first-order valence-corrected chi connectivity index (χ1v) is 16.1. The van der Waals surface area contributed by atoms with E-state index in [4.69, 9.17) is 4.42 Å². The first-order chi connectivity index (χ1) is 22.3. The van der Waals surface area contributed by atoms with Gasteiger partial charge in [-0.1, -0.05) is 97.1 Å². The Bertz CT molecular complexity index is 2670. The van der Waals surface area contributed by atoms with Crippen molar-refractivity contribution in [2.24, 2.45) is 0 Å². The van der Waals surface area contributed by atoms with Crippen molar-refractivity contribution in [3.05, 3.63) is 152 Å². The summed E-state index contributed by atoms with van der Waals surface area (Å²) in [6.07, 6.45) is 0. The molecule has 0 aliphatic carbocycles. The van der Waals surface area contributed by atoms with Gasteiger partial charge in [-0.3, -0.25) is 0 Å². The second kappa shape index (κ2) is 9.43. The molecule has 10 aromatic rings. The van der Waals surface area contributed by atoms with Crippen LogP contribution in [-0.4, -0.2) is 0 Å². The molecule has 0 spiro atoms. The molecule has 0 N–H and O–H groups in total. The van der Waals surface area contributed by atoms with E-state index in [-0.39, 0.29) is 0 Å². The highest BCUT2D eigenvalue weighted by molar-refractivity contribution is 7.25. The van der Waals surface area contributed by atoms with Gasteiger partial charge in [-0.15, -0.1) is 11.3 Å². The molecule has 2 aromatic heterocycles. The van der Waals surface area contributed by atoms with Gasteiger partial charge in [0.2, 0.25) is 0 Å². The van der Waals surface area contributed by atoms with Gasteiger partial charge in [0.25, 0.3) is 0 Å². The minimum Gasteiger partial charge on any atom is -0.456 e. The Morgan fingerprint density at radius 1 is 0.356 bits per heavy atom. The lowest BCUT2D eigenvalue weighted by molar-refractivity contribution is 0.669. The second-order valence-corrected chi connectivity index (χ2v) is 12.8. The fourth-order valence-corrected chi connectivity index (χ4v) is 8.24. The maximum absolute atomic E-state index is 6.37. The third kappa shape index (κ3) is 3.75. The quantitative estimate of drug-likeness (QED) is 0.190. The van der Waals surface area contributed by atoms with Crippen molar-refractivity contribution in [1.29, 1.82) is 0 Å². The average Bonchev–Trinajstić information content (AvgIpc) is 3.65. The van der Waals surface area contributed by atoms with Crippen LogP contribution in [0.3, 0.4) is 0 Å². The molecule has 0 radical (unpaired) electrons. The number of hydrogen-bond donors (Lipinski definition) is 0. The first-order valence-electron chi connectivity index (χ1n) is 15.3. The molecule has 2 heterocycles. The highest BCUT2D eigenvalue weighted by Gasteiger charge is 2.18. The summed E-state index contributed by atoms with van der Waals surface area (Å²) in [5.41, 5.74) is 5.09. The van der Waals surface area contributed by atoms with Crippen LogP contribution in [0.15, 0.2) is 156 Å². The predicted octanol–water partition coefficient (Wildman–Crippen LogP) is 12.9. The minimum atomic E-state index is 0.888. The Kier molecular flexibility index (Phi) is 5.19. The van der Waals surface area contributed by atoms with Gasteiger partial charge in [-0.25, -0.2) is 0 Å². The largest absolute Gasteiger partial charge is 0.456 e. The topological polar surface area (TPSA) is 16.4 Å². The van der Waals surface area contributed by atoms with Crippen molar-refractivity contribution < 1.29 is 4.42 Å². The maximum Gasteiger partial charge on any atom is 0.137 e. The molecule has 0 amide bonds. The summed E-state index contributed by atoms with van der Waals surface area (Å²) in [6.45, 7) is 0. The highest BCUT2D eigenvalue weighted by Crippen LogP contribution is 2.43. The SMILES string of the molecule is c1ccc2c(c1)ccc1c3cc(N(c4ccc5c(c4)oc4ccccc45)c4ccc5c(c4)sc4ccccc45)ccc3ccc21. The van der Waals surface area contributed by atoms with Crippen LogP contribution in [0.25, 0.3) is 74.4 Å². The van der Waals surface area contributed by atoms with Crippen LogP contribution in [0.4, 0.5) is 17.1 Å². The molecule has 10 rings (SSSR count). The van der Waals surface area contributed by atoms with Crippen molar-refractivity contribution in [3.8, 4) is 0 Å². The van der Waals surface area contributed by atoms with E-state index >= 15 is 0 Å². The Balaban J connectivity index is 1.23. The van der Waals surface area contributed by atoms with Crippen LogP contribution in [0.1, 0.15) is 0 Å². The molecule has 0 aliphatic rings. The number of anilines is 3. The summed E-state index contributed by atoms with van der Waals surface area (Å²) in [5, 5.41) is 12.4. The van der Waals surface area contributed by atoms with E-state index < -0.39 is 0 Å². The van der Waals surface area contributed by atoms with E-state index in [1.807, 2.05) is 23.5 Å². The van der Waals surface area contributed by atoms with E-state index in [0.717, 1.165) is 39.0 Å². The molecule has 0 atom stereocenters. The molecule has 2 nitrogen and oxygen atoms in total. The monoisotopic (exact) mass is 591 g/mol. The second-order valence-electron chi connectivity index (χ2n) is 11.7. The lowest BCUT2D eigenvalue weighted by Gasteiger charge is -2.26. The van der Waals surface area contributed by atoms with Crippen molar-refractivity contribution in [2.75, 3.05) is 4.90 Å². The maximum atomic E-state index is 6.37. The zero-order valence-corrected chi connectivity index (χ0v) is 25.0. The van der Waals surface area contributed by atoms with Crippen molar-refractivity contribution in [2.45, 2.75) is 0 Å². The smallest absolute Gasteiger partial charge is 0.137 e. The molecule has 0 saturated carbocycles. The van der Waals surface area contributed by atoms with Gasteiger partial charge < -0.3 is 9.32 Å². The van der Waals surface area contributed by atoms with Gasteiger partial charge in [0.05, 0.1) is 0 Å². The van der Waals surface area contributed by atoms with E-state index in [0.29, 0.717) is 0 Å². The summed E-state index contributed by atoms with van der Waals surface area (Å²) in [6, 6.07) is 55.0. The fourth-order valence-electron chi connectivity index (χ4n) is 7.10. The Morgan fingerprint density at radius 3 is 1.80 bits per heavy atom. The molecular formula is C42H25NOS. The molecule has 0 saturated heterocycles. The number of fused-ring (bicyclic) bond motifs is 11. The molecule has 8 aromatic carbocycles. The van der Waals surface area contributed by atoms with Gasteiger partial charge in [0, 0.05) is 54.1 Å². The molecule has 45 heavy (non-hydrogen) atoms. The summed E-state index contributed by atoms with van der Waals surface area (Å²) in [5.74, 6) is 0. The van der Waals surface area contributed by atoms with Gasteiger partial charge >= 0.3 is 0 Å². The van der Waals surface area contributed by atoms with Crippen LogP contribution in [0, 0.1) is 0 Å². The summed E-state index contributed by atoms with van der Waals surface area (Å²) < 4.78 is 8.96. The van der Waals surface area contributed by atoms with E-state index in [1.54, 1.807) is 0 Å². The van der Waals surface area contributed by atoms with Gasteiger partial charge in [0.1, 0.15) is 11.2 Å². The fraction of sp³-hybridized carbons (Fsp3) is 0. The molecule has 0 fully saturated rings. The molecule has 0 aliphatic heterocycles. The van der Waals surface area contributed by atoms with E-state index in [1.165, 1.54) is 52.5 Å². The number of rotatable bonds is 3. The third-order valence-corrected chi connectivity index (χ3v) is 10.4. The van der Waals surface area contributed by atoms with E-state index in [2.05, 4.69) is 144 Å². The zero-order valence-electron chi connectivity index (χ0n) is 24.2. The lowest BCUT2D eigenvalue weighted by Crippen LogP contribution is -2.09. The van der Waals surface area contributed by atoms with Crippen LogP contribution in [0.5, 0.6) is 0 Å². The normalized spacial score (nSPS) is 12.0. The Morgan fingerprint density at radius 2 is 0.911 bits per heavy atom. The average molecular weight is 592 g/mol. The van der Waals surface area contributed by atoms with Crippen molar-refractivity contribution in [3.63, 3.8) is 0 Å². The van der Waals surface area contributed by atoms with Gasteiger partial charge in [-0.2, -0.15) is 0 Å². The number of furan rings is 1. The minimum absolute atomic E-state index is 0.888. The van der Waals surface area contributed by atoms with Crippen LogP contribution in [-0.2, 0) is 0 Å². The Labute approximate surface area is 263 Å². The number of hydrogen-bond acceptors (Lipinski definition) is 3. The number of para-hydroxylation sites is 1. The third-order valence-electron chi connectivity index (χ3n) is 9.23. The van der Waals surface area contributed by atoms with Gasteiger partial charge in [0.15, 0.2) is 0 Å². The molecule has 0 unspecified atom stereocenters. The molecular weight excluding hydrogens is 567 g/mol. The molecule has 210 valence electrons. The van der Waals surface area contributed by atoms with E-state index in [9.17, 15) is 0 Å². The van der Waals surface area contributed by atoms with Crippen molar-refractivity contribution in [1.82, 2.24) is 0 Å². The summed E-state index contributed by atoms with van der Waals surface area (Å²) in [7, 11) is 0. The predicted molar refractivity (Wildman–Crippen MR) is 194 cm³/mol. The van der Waals surface area contributed by atoms with Crippen LogP contribution < -0.4 is 4.90 Å². The first kappa shape index (κ1) is 24.8. The summed E-state index contributed by atoms with van der Waals surface area (Å²) in [4.78, 5) is 2.37. The Hall–Kier alpha value is -5.64. The number of benzene rings is 8. The highest BCUT2D eigenvalue weighted by atomic mass is 32.1. The molecule has 3 heteroatoms. The number of thiophene rings is 1. The molecule has 0 bridgehead atoms. The lowest BCUT2D eigenvalue weighted by atomic mass is 9.96. The standard InChI is InChI=1S/C42H25NOS/c1-2-8-31-26(7-1)14-20-33-32(31)19-15-27-13-16-28(23-38(27)33)43(29-17-21-35-34-9-3-5-11-39(34)44-40(35)24-29)30-18-22-37-36-10-4-6-12-41(36)45-42(37)25-30/h1-25H. The van der Waals surface area contributed by atoms with Crippen molar-refractivity contribution >= 4 is 103 Å². The van der Waals surface area contributed by atoms with Crippen LogP contribution >= 0.6 is 11.3 Å². The number of nitrogens with zero attached hydrogens (tertiary/aromatic N) is 1. The summed E-state index contributed by atoms with van der Waals surface area (Å²) >= 11 is 1.85.